The maximum absolute atomic E-state index is 13.0. The molecule has 0 saturated heterocycles. The van der Waals surface area contributed by atoms with Crippen LogP contribution in [0.15, 0.2) is 65.4 Å². The highest BCUT2D eigenvalue weighted by atomic mass is 32.2. The minimum Gasteiger partial charge on any atom is -0.394 e. The van der Waals surface area contributed by atoms with E-state index in [1.54, 1.807) is 42.5 Å². The highest BCUT2D eigenvalue weighted by Gasteiger charge is 2.45. The highest BCUT2D eigenvalue weighted by molar-refractivity contribution is 7.92. The van der Waals surface area contributed by atoms with Gasteiger partial charge in [0.1, 0.15) is 4.75 Å². The first-order valence-electron chi connectivity index (χ1n) is 6.14. The van der Waals surface area contributed by atoms with E-state index in [-0.39, 0.29) is 11.3 Å². The number of hydrogen-bond donors (Lipinski definition) is 1. The molecule has 0 spiro atoms. The monoisotopic (exact) mass is 308 g/mol. The molecule has 1 N–H and O–H groups in total. The molecule has 2 rings (SSSR count). The SMILES string of the molecule is C=CCC(CO)(c1cccs1)S(=O)(=O)c1ccccc1. The number of thiophene rings is 1. The van der Waals surface area contributed by atoms with E-state index in [9.17, 15) is 13.5 Å². The van der Waals surface area contributed by atoms with Crippen LogP contribution in [0.4, 0.5) is 0 Å². The zero-order valence-corrected chi connectivity index (χ0v) is 12.5. The van der Waals surface area contributed by atoms with Crippen LogP contribution in [0.3, 0.4) is 0 Å². The Balaban J connectivity index is 2.66. The molecule has 1 aromatic heterocycles. The van der Waals surface area contributed by atoms with Crippen molar-refractivity contribution in [2.24, 2.45) is 0 Å². The molecule has 20 heavy (non-hydrogen) atoms. The van der Waals surface area contributed by atoms with Crippen molar-refractivity contribution in [2.75, 3.05) is 6.61 Å². The molecule has 5 heteroatoms. The quantitative estimate of drug-likeness (QED) is 0.835. The molecule has 0 fully saturated rings. The van der Waals surface area contributed by atoms with Gasteiger partial charge in [-0.1, -0.05) is 30.3 Å². The maximum Gasteiger partial charge on any atom is 0.191 e. The molecule has 0 amide bonds. The average Bonchev–Trinajstić information content (AvgIpc) is 3.00. The number of benzene rings is 1. The van der Waals surface area contributed by atoms with Crippen LogP contribution in [0.5, 0.6) is 0 Å². The van der Waals surface area contributed by atoms with Crippen LogP contribution in [0.2, 0.25) is 0 Å². The Bertz CT molecular complexity index is 660. The Morgan fingerprint density at radius 2 is 1.90 bits per heavy atom. The normalized spacial score (nSPS) is 14.7. The summed E-state index contributed by atoms with van der Waals surface area (Å²) in [6.45, 7) is 3.16. The van der Waals surface area contributed by atoms with Gasteiger partial charge in [-0.05, 0) is 30.0 Å². The van der Waals surface area contributed by atoms with Gasteiger partial charge in [0.25, 0.3) is 0 Å². The Morgan fingerprint density at radius 3 is 2.40 bits per heavy atom. The fraction of sp³-hybridized carbons (Fsp3) is 0.200. The predicted molar refractivity (Wildman–Crippen MR) is 81.5 cm³/mol. The minimum atomic E-state index is -3.71. The fourth-order valence-electron chi connectivity index (χ4n) is 2.17. The Labute approximate surface area is 123 Å². The topological polar surface area (TPSA) is 54.4 Å². The molecule has 3 nitrogen and oxygen atoms in total. The van der Waals surface area contributed by atoms with E-state index in [1.165, 1.54) is 17.4 Å². The van der Waals surface area contributed by atoms with Crippen LogP contribution in [0.1, 0.15) is 11.3 Å². The smallest absolute Gasteiger partial charge is 0.191 e. The number of aliphatic hydroxyl groups excluding tert-OH is 1. The predicted octanol–water partition coefficient (Wildman–Crippen LogP) is 2.99. The van der Waals surface area contributed by atoms with Crippen LogP contribution in [-0.4, -0.2) is 20.1 Å². The molecular formula is C15H16O3S2. The molecule has 106 valence electrons. The summed E-state index contributed by atoms with van der Waals surface area (Å²) in [7, 11) is -3.71. The van der Waals surface area contributed by atoms with Crippen LogP contribution in [-0.2, 0) is 14.6 Å². The van der Waals surface area contributed by atoms with E-state index in [4.69, 9.17) is 0 Å². The van der Waals surface area contributed by atoms with E-state index in [0.29, 0.717) is 4.88 Å². The van der Waals surface area contributed by atoms with Crippen molar-refractivity contribution >= 4 is 21.2 Å². The van der Waals surface area contributed by atoms with Crippen LogP contribution in [0.25, 0.3) is 0 Å². The van der Waals surface area contributed by atoms with Gasteiger partial charge in [0.2, 0.25) is 0 Å². The summed E-state index contributed by atoms with van der Waals surface area (Å²) in [5.41, 5.74) is 0. The first-order chi connectivity index (χ1) is 9.58. The molecule has 1 unspecified atom stereocenters. The average molecular weight is 308 g/mol. The molecule has 0 saturated carbocycles. The lowest BCUT2D eigenvalue weighted by atomic mass is 10.0. The third-order valence-electron chi connectivity index (χ3n) is 3.27. The lowest BCUT2D eigenvalue weighted by Gasteiger charge is -2.29. The molecular weight excluding hydrogens is 292 g/mol. The molecule has 0 bridgehead atoms. The number of rotatable bonds is 6. The van der Waals surface area contributed by atoms with Crippen molar-refractivity contribution in [1.29, 1.82) is 0 Å². The molecule has 0 radical (unpaired) electrons. The van der Waals surface area contributed by atoms with Crippen LogP contribution < -0.4 is 0 Å². The summed E-state index contributed by atoms with van der Waals surface area (Å²) in [4.78, 5) is 0.841. The number of sulfone groups is 1. The van der Waals surface area contributed by atoms with Crippen molar-refractivity contribution in [3.63, 3.8) is 0 Å². The van der Waals surface area contributed by atoms with Gasteiger partial charge in [-0.25, -0.2) is 8.42 Å². The zero-order valence-electron chi connectivity index (χ0n) is 10.9. The number of hydrogen-bond acceptors (Lipinski definition) is 4. The van der Waals surface area contributed by atoms with E-state index in [0.717, 1.165) is 0 Å². The molecule has 0 aliphatic heterocycles. The lowest BCUT2D eigenvalue weighted by molar-refractivity contribution is 0.243. The van der Waals surface area contributed by atoms with E-state index in [1.807, 2.05) is 5.38 Å². The van der Waals surface area contributed by atoms with Crippen molar-refractivity contribution in [3.05, 3.63) is 65.4 Å². The molecule has 1 aromatic carbocycles. The zero-order chi connectivity index (χ0) is 14.6. The van der Waals surface area contributed by atoms with E-state index >= 15 is 0 Å². The van der Waals surface area contributed by atoms with Gasteiger partial charge in [0.05, 0.1) is 11.5 Å². The van der Waals surface area contributed by atoms with Gasteiger partial charge >= 0.3 is 0 Å². The van der Waals surface area contributed by atoms with Crippen LogP contribution >= 0.6 is 11.3 Å². The first kappa shape index (κ1) is 15.0. The Morgan fingerprint density at radius 1 is 1.20 bits per heavy atom. The minimum absolute atomic E-state index is 0.168. The number of aliphatic hydroxyl groups is 1. The largest absolute Gasteiger partial charge is 0.394 e. The summed E-state index contributed by atoms with van der Waals surface area (Å²) in [5.74, 6) is 0. The Hall–Kier alpha value is -1.43. The summed E-state index contributed by atoms with van der Waals surface area (Å²) < 4.78 is 24.6. The van der Waals surface area contributed by atoms with Crippen LogP contribution in [0, 0.1) is 0 Å². The summed E-state index contributed by atoms with van der Waals surface area (Å²) >= 11 is 1.33. The van der Waals surface area contributed by atoms with Gasteiger partial charge in [0.15, 0.2) is 9.84 Å². The first-order valence-corrected chi connectivity index (χ1v) is 8.50. The summed E-state index contributed by atoms with van der Waals surface area (Å²) in [5, 5.41) is 11.7. The van der Waals surface area contributed by atoms with Crippen molar-refractivity contribution < 1.29 is 13.5 Å². The molecule has 2 aromatic rings. The standard InChI is InChI=1S/C15H16O3S2/c1-2-10-15(12-16,14-9-6-11-19-14)20(17,18)13-7-4-3-5-8-13/h2-9,11,16H,1,10,12H2. The van der Waals surface area contributed by atoms with Gasteiger partial charge in [-0.3, -0.25) is 0 Å². The summed E-state index contributed by atoms with van der Waals surface area (Å²) in [6, 6.07) is 11.7. The highest BCUT2D eigenvalue weighted by Crippen LogP contribution is 2.40. The third-order valence-corrected chi connectivity index (χ3v) is 6.91. The maximum atomic E-state index is 13.0. The van der Waals surface area contributed by atoms with Crippen molar-refractivity contribution in [2.45, 2.75) is 16.1 Å². The molecule has 1 atom stereocenters. The van der Waals surface area contributed by atoms with E-state index < -0.39 is 21.2 Å². The molecule has 0 aliphatic carbocycles. The fourth-order valence-corrected chi connectivity index (χ4v) is 5.27. The second kappa shape index (κ2) is 5.91. The van der Waals surface area contributed by atoms with Gasteiger partial charge in [-0.15, -0.1) is 17.9 Å². The van der Waals surface area contributed by atoms with Crippen molar-refractivity contribution in [3.8, 4) is 0 Å². The second-order valence-electron chi connectivity index (χ2n) is 4.44. The molecule has 0 aliphatic rings. The van der Waals surface area contributed by atoms with Crippen molar-refractivity contribution in [1.82, 2.24) is 0 Å². The van der Waals surface area contributed by atoms with Gasteiger partial charge < -0.3 is 5.11 Å². The molecule has 1 heterocycles. The van der Waals surface area contributed by atoms with E-state index in [2.05, 4.69) is 6.58 Å². The lowest BCUT2D eigenvalue weighted by Crippen LogP contribution is -2.38. The van der Waals surface area contributed by atoms with Gasteiger partial charge in [0, 0.05) is 4.88 Å². The summed E-state index contributed by atoms with van der Waals surface area (Å²) in [6.07, 6.45) is 1.71. The third kappa shape index (κ3) is 2.32. The second-order valence-corrected chi connectivity index (χ2v) is 7.65. The number of allylic oxidation sites excluding steroid dienone is 1. The van der Waals surface area contributed by atoms with Gasteiger partial charge in [-0.2, -0.15) is 0 Å². The Kier molecular flexibility index (Phi) is 4.42.